The first-order valence-electron chi connectivity index (χ1n) is 8.21. The summed E-state index contributed by atoms with van der Waals surface area (Å²) in [5.41, 5.74) is 0.600. The maximum atomic E-state index is 10.8. The highest BCUT2D eigenvalue weighted by atomic mass is 16.5. The van der Waals surface area contributed by atoms with Crippen molar-refractivity contribution in [3.8, 4) is 11.5 Å². The molecule has 0 radical (unpaired) electrons. The van der Waals surface area contributed by atoms with E-state index in [-0.39, 0.29) is 0 Å². The SMILES string of the molecule is COc1cc(C=O)ccc1OCCCCN1CCC(C)CC1. The summed E-state index contributed by atoms with van der Waals surface area (Å²) in [6.07, 6.45) is 5.66. The zero-order chi connectivity index (χ0) is 15.8. The molecular formula is C18H27NO3. The first-order chi connectivity index (χ1) is 10.7. The summed E-state index contributed by atoms with van der Waals surface area (Å²) in [6, 6.07) is 5.26. The average molecular weight is 305 g/mol. The molecule has 22 heavy (non-hydrogen) atoms. The number of benzene rings is 1. The number of unbranched alkanes of at least 4 members (excludes halogenated alkanes) is 1. The van der Waals surface area contributed by atoms with E-state index < -0.39 is 0 Å². The summed E-state index contributed by atoms with van der Waals surface area (Å²) in [4.78, 5) is 13.3. The first kappa shape index (κ1) is 16.8. The van der Waals surface area contributed by atoms with Gasteiger partial charge in [-0.3, -0.25) is 4.79 Å². The van der Waals surface area contributed by atoms with E-state index in [1.165, 1.54) is 25.9 Å². The molecule has 1 fully saturated rings. The second-order valence-corrected chi connectivity index (χ2v) is 6.11. The van der Waals surface area contributed by atoms with Crippen LogP contribution < -0.4 is 9.47 Å². The van der Waals surface area contributed by atoms with Crippen LogP contribution >= 0.6 is 0 Å². The molecule has 4 heteroatoms. The van der Waals surface area contributed by atoms with Crippen molar-refractivity contribution in [2.75, 3.05) is 33.4 Å². The standard InChI is InChI=1S/C18H27NO3/c1-15-7-10-19(11-8-15)9-3-4-12-22-17-6-5-16(14-20)13-18(17)21-2/h5-6,13-15H,3-4,7-12H2,1-2H3. The van der Waals surface area contributed by atoms with Crippen LogP contribution in [0.1, 0.15) is 43.0 Å². The Morgan fingerprint density at radius 1 is 1.23 bits per heavy atom. The van der Waals surface area contributed by atoms with E-state index in [0.717, 1.165) is 31.6 Å². The van der Waals surface area contributed by atoms with Gasteiger partial charge in [0.05, 0.1) is 13.7 Å². The third-order valence-electron chi connectivity index (χ3n) is 4.33. The number of hydrogen-bond donors (Lipinski definition) is 0. The number of aldehydes is 1. The minimum atomic E-state index is 0.600. The first-order valence-corrected chi connectivity index (χ1v) is 8.21. The highest BCUT2D eigenvalue weighted by molar-refractivity contribution is 5.76. The number of carbonyl (C=O) groups is 1. The van der Waals surface area contributed by atoms with E-state index in [4.69, 9.17) is 9.47 Å². The maximum Gasteiger partial charge on any atom is 0.161 e. The number of likely N-dealkylation sites (tertiary alicyclic amines) is 1. The van der Waals surface area contributed by atoms with Gasteiger partial charge in [-0.1, -0.05) is 6.92 Å². The number of methoxy groups -OCH3 is 1. The molecule has 0 atom stereocenters. The van der Waals surface area contributed by atoms with Crippen LogP contribution in [0.15, 0.2) is 18.2 Å². The molecule has 0 saturated carbocycles. The molecule has 1 heterocycles. The summed E-state index contributed by atoms with van der Waals surface area (Å²) in [5, 5.41) is 0. The van der Waals surface area contributed by atoms with Crippen molar-refractivity contribution in [1.29, 1.82) is 0 Å². The molecule has 0 unspecified atom stereocenters. The molecule has 1 saturated heterocycles. The number of nitrogens with zero attached hydrogens (tertiary/aromatic N) is 1. The average Bonchev–Trinajstić information content (AvgIpc) is 2.56. The fourth-order valence-electron chi connectivity index (χ4n) is 2.78. The molecule has 4 nitrogen and oxygen atoms in total. The van der Waals surface area contributed by atoms with Crippen molar-refractivity contribution in [1.82, 2.24) is 4.90 Å². The molecule has 0 N–H and O–H groups in total. The molecule has 1 aliphatic rings. The van der Waals surface area contributed by atoms with E-state index in [2.05, 4.69) is 11.8 Å². The Hall–Kier alpha value is -1.55. The minimum absolute atomic E-state index is 0.600. The molecule has 0 aromatic heterocycles. The maximum absolute atomic E-state index is 10.8. The van der Waals surface area contributed by atoms with E-state index in [1.54, 1.807) is 25.3 Å². The number of carbonyl (C=O) groups excluding carboxylic acids is 1. The largest absolute Gasteiger partial charge is 0.493 e. The van der Waals surface area contributed by atoms with Gasteiger partial charge in [0.1, 0.15) is 6.29 Å². The van der Waals surface area contributed by atoms with E-state index in [9.17, 15) is 4.79 Å². The lowest BCUT2D eigenvalue weighted by Crippen LogP contribution is -2.33. The molecule has 1 aliphatic heterocycles. The van der Waals surface area contributed by atoms with Gasteiger partial charge in [-0.2, -0.15) is 0 Å². The van der Waals surface area contributed by atoms with Crippen LogP contribution in [-0.2, 0) is 0 Å². The summed E-state index contributed by atoms with van der Waals surface area (Å²) in [7, 11) is 1.59. The van der Waals surface area contributed by atoms with Crippen molar-refractivity contribution in [2.24, 2.45) is 5.92 Å². The zero-order valence-corrected chi connectivity index (χ0v) is 13.7. The number of rotatable bonds is 8. The van der Waals surface area contributed by atoms with E-state index >= 15 is 0 Å². The number of piperidine rings is 1. The molecule has 0 spiro atoms. The second kappa shape index (κ2) is 8.79. The second-order valence-electron chi connectivity index (χ2n) is 6.11. The third-order valence-corrected chi connectivity index (χ3v) is 4.33. The molecule has 1 aromatic carbocycles. The van der Waals surface area contributed by atoms with Gasteiger partial charge in [-0.15, -0.1) is 0 Å². The van der Waals surface area contributed by atoms with Crippen molar-refractivity contribution >= 4 is 6.29 Å². The van der Waals surface area contributed by atoms with Crippen LogP contribution in [-0.4, -0.2) is 44.5 Å². The van der Waals surface area contributed by atoms with Gasteiger partial charge >= 0.3 is 0 Å². The lowest BCUT2D eigenvalue weighted by Gasteiger charge is -2.30. The summed E-state index contributed by atoms with van der Waals surface area (Å²) < 4.78 is 11.0. The van der Waals surface area contributed by atoms with Gasteiger partial charge in [0.25, 0.3) is 0 Å². The fraction of sp³-hybridized carbons (Fsp3) is 0.611. The van der Waals surface area contributed by atoms with Crippen LogP contribution in [0.4, 0.5) is 0 Å². The van der Waals surface area contributed by atoms with Crippen molar-refractivity contribution in [2.45, 2.75) is 32.6 Å². The van der Waals surface area contributed by atoms with Crippen LogP contribution in [0.3, 0.4) is 0 Å². The summed E-state index contributed by atoms with van der Waals surface area (Å²) in [5.74, 6) is 2.22. The molecular weight excluding hydrogens is 278 g/mol. The molecule has 0 bridgehead atoms. The Morgan fingerprint density at radius 2 is 2.00 bits per heavy atom. The predicted molar refractivity (Wildman–Crippen MR) is 87.9 cm³/mol. The molecule has 0 amide bonds. The minimum Gasteiger partial charge on any atom is -0.493 e. The quantitative estimate of drug-likeness (QED) is 0.545. The predicted octanol–water partition coefficient (Wildman–Crippen LogP) is 3.40. The topological polar surface area (TPSA) is 38.8 Å². The third kappa shape index (κ3) is 5.02. The normalized spacial score (nSPS) is 16.5. The van der Waals surface area contributed by atoms with E-state index in [0.29, 0.717) is 23.7 Å². The van der Waals surface area contributed by atoms with Crippen LogP contribution in [0.5, 0.6) is 11.5 Å². The van der Waals surface area contributed by atoms with Gasteiger partial charge in [-0.05, 0) is 69.4 Å². The Labute approximate surface area is 133 Å². The fourth-order valence-corrected chi connectivity index (χ4v) is 2.78. The van der Waals surface area contributed by atoms with Crippen molar-refractivity contribution in [3.05, 3.63) is 23.8 Å². The van der Waals surface area contributed by atoms with Gasteiger partial charge < -0.3 is 14.4 Å². The highest BCUT2D eigenvalue weighted by Gasteiger charge is 2.14. The van der Waals surface area contributed by atoms with Gasteiger partial charge in [0.15, 0.2) is 11.5 Å². The zero-order valence-electron chi connectivity index (χ0n) is 13.7. The lowest BCUT2D eigenvalue weighted by molar-refractivity contribution is 0.112. The van der Waals surface area contributed by atoms with Gasteiger partial charge in [0, 0.05) is 5.56 Å². The van der Waals surface area contributed by atoms with Crippen LogP contribution in [0, 0.1) is 5.92 Å². The smallest absolute Gasteiger partial charge is 0.161 e. The number of ether oxygens (including phenoxy) is 2. The Morgan fingerprint density at radius 3 is 2.68 bits per heavy atom. The van der Waals surface area contributed by atoms with Crippen LogP contribution in [0.2, 0.25) is 0 Å². The molecule has 122 valence electrons. The lowest BCUT2D eigenvalue weighted by atomic mass is 9.99. The van der Waals surface area contributed by atoms with Crippen molar-refractivity contribution in [3.63, 3.8) is 0 Å². The Bertz CT molecular complexity index is 467. The monoisotopic (exact) mass is 305 g/mol. The molecule has 2 rings (SSSR count). The van der Waals surface area contributed by atoms with E-state index in [1.807, 2.05) is 0 Å². The molecule has 1 aromatic rings. The summed E-state index contributed by atoms with van der Waals surface area (Å²) >= 11 is 0. The summed E-state index contributed by atoms with van der Waals surface area (Å²) in [6.45, 7) is 6.67. The van der Waals surface area contributed by atoms with Crippen molar-refractivity contribution < 1.29 is 14.3 Å². The highest BCUT2D eigenvalue weighted by Crippen LogP contribution is 2.27. The van der Waals surface area contributed by atoms with Gasteiger partial charge in [0.2, 0.25) is 0 Å². The number of hydrogen-bond acceptors (Lipinski definition) is 4. The Balaban J connectivity index is 1.67. The van der Waals surface area contributed by atoms with Gasteiger partial charge in [-0.25, -0.2) is 0 Å². The molecule has 0 aliphatic carbocycles. The van der Waals surface area contributed by atoms with Crippen LogP contribution in [0.25, 0.3) is 0 Å². The Kier molecular flexibility index (Phi) is 6.72.